The van der Waals surface area contributed by atoms with Crippen LogP contribution in [0.15, 0.2) is 30.5 Å². The minimum absolute atomic E-state index is 0.250. The molecule has 0 atom stereocenters. The fraction of sp³-hybridized carbons (Fsp3) is 0.435. The summed E-state index contributed by atoms with van der Waals surface area (Å²) in [5.74, 6) is 0.425. The predicted octanol–water partition coefficient (Wildman–Crippen LogP) is 2.84. The first-order valence-electron chi connectivity index (χ1n) is 10.9. The molecule has 9 nitrogen and oxygen atoms in total. The molecule has 0 radical (unpaired) electrons. The van der Waals surface area contributed by atoms with Crippen LogP contribution >= 0.6 is 0 Å². The maximum Gasteiger partial charge on any atom is 0.319 e. The molecule has 0 bridgehead atoms. The van der Waals surface area contributed by atoms with Gasteiger partial charge in [0.05, 0.1) is 19.8 Å². The van der Waals surface area contributed by atoms with Gasteiger partial charge in [-0.05, 0) is 17.5 Å². The first kappa shape index (κ1) is 23.5. The Balaban J connectivity index is 0.000000913. The van der Waals surface area contributed by atoms with Gasteiger partial charge in [-0.3, -0.25) is 9.69 Å². The first-order valence-corrected chi connectivity index (χ1v) is 10.9. The maximum absolute atomic E-state index is 8.36. The second-order valence-electron chi connectivity index (χ2n) is 7.62. The molecule has 172 valence electrons. The van der Waals surface area contributed by atoms with Gasteiger partial charge in [0.1, 0.15) is 11.0 Å². The summed E-state index contributed by atoms with van der Waals surface area (Å²) in [7, 11) is 0. The molecule has 4 rings (SSSR count). The summed E-state index contributed by atoms with van der Waals surface area (Å²) in [5.41, 5.74) is 11.4. The number of nitrogen functional groups attached to an aromatic ring is 1. The third kappa shape index (κ3) is 6.41. The minimum Gasteiger partial charge on any atom is -0.483 e. The summed E-state index contributed by atoms with van der Waals surface area (Å²) in [5, 5.41) is 6.89. The molecule has 1 aliphatic rings. The molecule has 32 heavy (non-hydrogen) atoms. The van der Waals surface area contributed by atoms with Crippen LogP contribution in [0.3, 0.4) is 0 Å². The standard InChI is InChI=1S/C22H29N5O2.CH2O2/c1-2-3-9-29-22-25-19-18(14-24-20(19)21(23)26-22)13-16-5-4-6-17(12-16)15-27-7-10-28-11-8-27;2-1-3/h4-6,12,14,24H,2-3,7-11,13,15H2,1H3,(H2,23,25,26);1H,(H,2,3). The van der Waals surface area contributed by atoms with Crippen molar-refractivity contribution in [3.8, 4) is 6.01 Å². The van der Waals surface area contributed by atoms with Crippen molar-refractivity contribution < 1.29 is 19.4 Å². The van der Waals surface area contributed by atoms with E-state index in [0.29, 0.717) is 18.4 Å². The number of morpholine rings is 1. The molecule has 1 saturated heterocycles. The van der Waals surface area contributed by atoms with Crippen molar-refractivity contribution in [3.05, 3.63) is 47.2 Å². The van der Waals surface area contributed by atoms with Gasteiger partial charge in [-0.25, -0.2) is 0 Å². The molecule has 3 heterocycles. The number of hydrogen-bond acceptors (Lipinski definition) is 7. The lowest BCUT2D eigenvalue weighted by atomic mass is 10.0. The van der Waals surface area contributed by atoms with Crippen molar-refractivity contribution in [1.82, 2.24) is 19.9 Å². The Morgan fingerprint density at radius 3 is 2.78 bits per heavy atom. The third-order valence-corrected chi connectivity index (χ3v) is 5.24. The fourth-order valence-electron chi connectivity index (χ4n) is 3.64. The average Bonchev–Trinajstić information content (AvgIpc) is 3.19. The van der Waals surface area contributed by atoms with Crippen molar-refractivity contribution in [2.45, 2.75) is 32.7 Å². The van der Waals surface area contributed by atoms with Gasteiger partial charge in [0.25, 0.3) is 6.47 Å². The van der Waals surface area contributed by atoms with Crippen LogP contribution in [0.25, 0.3) is 11.0 Å². The number of ether oxygens (including phenoxy) is 2. The molecule has 2 aromatic heterocycles. The van der Waals surface area contributed by atoms with Crippen molar-refractivity contribution in [2.24, 2.45) is 0 Å². The van der Waals surface area contributed by atoms with E-state index in [0.717, 1.165) is 68.7 Å². The highest BCUT2D eigenvalue weighted by Crippen LogP contribution is 2.25. The number of aromatic amines is 1. The van der Waals surface area contributed by atoms with Gasteiger partial charge in [0.2, 0.25) is 0 Å². The molecule has 9 heteroatoms. The normalized spacial score (nSPS) is 14.0. The Morgan fingerprint density at radius 1 is 1.28 bits per heavy atom. The molecule has 0 aliphatic carbocycles. The topological polar surface area (TPSA) is 127 Å². The van der Waals surface area contributed by atoms with Gasteiger partial charge in [-0.15, -0.1) is 0 Å². The lowest BCUT2D eigenvalue weighted by Crippen LogP contribution is -2.35. The molecule has 0 saturated carbocycles. The largest absolute Gasteiger partial charge is 0.483 e. The summed E-state index contributed by atoms with van der Waals surface area (Å²) < 4.78 is 11.1. The van der Waals surface area contributed by atoms with E-state index in [1.165, 1.54) is 11.1 Å². The van der Waals surface area contributed by atoms with Gasteiger partial charge in [-0.2, -0.15) is 9.97 Å². The molecule has 3 aromatic rings. The van der Waals surface area contributed by atoms with Crippen molar-refractivity contribution >= 4 is 23.3 Å². The van der Waals surface area contributed by atoms with E-state index in [1.54, 1.807) is 0 Å². The molecular weight excluding hydrogens is 410 g/mol. The Hall–Kier alpha value is -3.17. The molecule has 0 unspecified atom stereocenters. The van der Waals surface area contributed by atoms with Crippen LogP contribution in [0.5, 0.6) is 6.01 Å². The predicted molar refractivity (Wildman–Crippen MR) is 123 cm³/mol. The van der Waals surface area contributed by atoms with E-state index in [2.05, 4.69) is 51.0 Å². The zero-order valence-electron chi connectivity index (χ0n) is 18.4. The van der Waals surface area contributed by atoms with E-state index in [4.69, 9.17) is 25.1 Å². The number of nitrogens with two attached hydrogens (primary N) is 1. The fourth-order valence-corrected chi connectivity index (χ4v) is 3.64. The Bertz CT molecular complexity index is 1000. The number of nitrogens with one attached hydrogen (secondary N) is 1. The number of rotatable bonds is 8. The van der Waals surface area contributed by atoms with Gasteiger partial charge >= 0.3 is 6.01 Å². The van der Waals surface area contributed by atoms with Crippen LogP contribution in [-0.4, -0.2) is 64.3 Å². The molecule has 1 aromatic carbocycles. The van der Waals surface area contributed by atoms with Crippen LogP contribution in [0.1, 0.15) is 36.5 Å². The van der Waals surface area contributed by atoms with Crippen LogP contribution < -0.4 is 10.5 Å². The zero-order valence-corrected chi connectivity index (χ0v) is 18.4. The Kier molecular flexibility index (Phi) is 8.82. The number of fused-ring (bicyclic) bond motifs is 1. The van der Waals surface area contributed by atoms with E-state index in [1.807, 2.05) is 6.20 Å². The number of H-pyrrole nitrogens is 1. The third-order valence-electron chi connectivity index (χ3n) is 5.24. The van der Waals surface area contributed by atoms with Crippen LogP contribution in [0.4, 0.5) is 5.82 Å². The number of unbranched alkanes of at least 4 members (excludes halogenated alkanes) is 1. The van der Waals surface area contributed by atoms with Gasteiger partial charge in [0.15, 0.2) is 5.82 Å². The molecule has 1 aliphatic heterocycles. The molecular formula is C23H31N5O4. The van der Waals surface area contributed by atoms with Gasteiger partial charge in [0, 0.05) is 37.8 Å². The molecule has 0 amide bonds. The molecule has 4 N–H and O–H groups in total. The SMILES string of the molecule is CCCCOc1nc(N)c2[nH]cc(Cc3cccc(CN4CCOCC4)c3)c2n1.O=CO. The summed E-state index contributed by atoms with van der Waals surface area (Å²) in [6.45, 7) is 7.05. The van der Waals surface area contributed by atoms with Gasteiger partial charge < -0.3 is 25.3 Å². The lowest BCUT2D eigenvalue weighted by Gasteiger charge is -2.26. The quantitative estimate of drug-likeness (QED) is 0.360. The minimum atomic E-state index is -0.250. The number of carbonyl (C=O) groups is 1. The highest BCUT2D eigenvalue weighted by Gasteiger charge is 2.14. The zero-order chi connectivity index (χ0) is 22.8. The Labute approximate surface area is 187 Å². The van der Waals surface area contributed by atoms with E-state index in [-0.39, 0.29) is 6.47 Å². The molecule has 0 spiro atoms. The maximum atomic E-state index is 8.36. The van der Waals surface area contributed by atoms with Crippen LogP contribution in [0, 0.1) is 0 Å². The number of hydrogen-bond donors (Lipinski definition) is 3. The average molecular weight is 442 g/mol. The smallest absolute Gasteiger partial charge is 0.319 e. The summed E-state index contributed by atoms with van der Waals surface area (Å²) in [6.07, 6.45) is 4.78. The number of nitrogens with zero attached hydrogens (tertiary/aromatic N) is 3. The van der Waals surface area contributed by atoms with Gasteiger partial charge in [-0.1, -0.05) is 37.6 Å². The highest BCUT2D eigenvalue weighted by molar-refractivity contribution is 5.87. The van der Waals surface area contributed by atoms with Crippen molar-refractivity contribution in [1.29, 1.82) is 0 Å². The molecule has 1 fully saturated rings. The number of carboxylic acid groups (broad SMARTS) is 1. The van der Waals surface area contributed by atoms with E-state index in [9.17, 15) is 0 Å². The van der Waals surface area contributed by atoms with Crippen LogP contribution in [-0.2, 0) is 22.5 Å². The van der Waals surface area contributed by atoms with E-state index < -0.39 is 0 Å². The number of aromatic nitrogens is 3. The second-order valence-corrected chi connectivity index (χ2v) is 7.62. The van der Waals surface area contributed by atoms with E-state index >= 15 is 0 Å². The Morgan fingerprint density at radius 2 is 2.03 bits per heavy atom. The monoisotopic (exact) mass is 441 g/mol. The number of benzene rings is 1. The highest BCUT2D eigenvalue weighted by atomic mass is 16.5. The van der Waals surface area contributed by atoms with Crippen molar-refractivity contribution in [3.63, 3.8) is 0 Å². The lowest BCUT2D eigenvalue weighted by molar-refractivity contribution is -0.122. The van der Waals surface area contributed by atoms with Crippen molar-refractivity contribution in [2.75, 3.05) is 38.6 Å². The first-order chi connectivity index (χ1) is 15.6. The summed E-state index contributed by atoms with van der Waals surface area (Å²) >= 11 is 0. The summed E-state index contributed by atoms with van der Waals surface area (Å²) in [4.78, 5) is 22.9. The number of anilines is 1. The summed E-state index contributed by atoms with van der Waals surface area (Å²) in [6, 6.07) is 9.10. The van der Waals surface area contributed by atoms with Crippen LogP contribution in [0.2, 0.25) is 0 Å². The second kappa shape index (κ2) is 12.0.